The van der Waals surface area contributed by atoms with Crippen LogP contribution in [0.1, 0.15) is 99.8 Å². The first-order valence-corrected chi connectivity index (χ1v) is 56.8. The van der Waals surface area contributed by atoms with E-state index in [9.17, 15) is 53.0 Å². The molecule has 7 unspecified atom stereocenters. The predicted octanol–water partition coefficient (Wildman–Crippen LogP) is 3.01. The molecule has 16 N–H and O–H groups in total. The summed E-state index contributed by atoms with van der Waals surface area (Å²) in [6, 6.07) is -0.349. The standard InChI is InChI=1S/C21H26FN9O9P2S2.2C20H20F3N9O9P2S3/c22-14-13-6-36-41(33,43)39-11-3-10(9-4-25-17-8(23)1-2-27-31(9)17)37-12(11)5-35-42(34,44)40-16(14)20(38-13)30-7-26-15-18(30)28-21(24)29-19(15)32;2*21-9-8-4-38-43(36,45)41-13-7(39-18(20(13,22)23)32-14-10(29-30-32)6(33)1-2-25-14)3-37-42(35,44)40-12(9)17(46-8)31-5-26-11-15(31)27-19(24)28-16(11)34/h2,4,7-8,10-14,16,20H,1,3,5-6,23H2,(H,33,43)(H,34,44)(H3,24,28,29,32);2*2,5,7-9,12-13,17-18H,1,3-4H2,(H,35,44)(H,36,45)(H3,24,27,28,34)/t8?,10-,11+,12-,13-,14-,16-,20-,41?,42?;2*7-,8-,9-,12-,13-,17-,18-,42?,43?/m111/s1. The average Bonchev–Trinajstić information content (AvgIpc) is 1.59. The molecule has 0 aliphatic carbocycles. The van der Waals surface area contributed by atoms with Crippen molar-refractivity contribution in [3.63, 3.8) is 0 Å². The smallest absolute Gasteiger partial charge is 0.369 e. The molecule has 21 rings (SSSR count). The van der Waals surface area contributed by atoms with E-state index in [1.807, 2.05) is 0 Å². The van der Waals surface area contributed by atoms with Crippen LogP contribution in [0.15, 0.2) is 54.6 Å². The lowest BCUT2D eigenvalue weighted by molar-refractivity contribution is -0.140. The molecular formula is C61H66F7N27O27P6S8. The van der Waals surface area contributed by atoms with Gasteiger partial charge in [-0.1, -0.05) is 22.7 Å². The largest absolute Gasteiger partial charge is 0.386 e. The second-order valence-corrected chi connectivity index (χ2v) is 50.5. The Bertz CT molecular complexity index is 6640. The van der Waals surface area contributed by atoms with Crippen molar-refractivity contribution in [1.82, 2.24) is 98.2 Å². The van der Waals surface area contributed by atoms with Crippen LogP contribution in [0.25, 0.3) is 33.5 Å². The molecule has 9 saturated heterocycles. The summed E-state index contributed by atoms with van der Waals surface area (Å²) < 4.78 is 220. The van der Waals surface area contributed by atoms with E-state index in [2.05, 4.69) is 97.8 Å². The fraction of sp³-hybridized carbons (Fsp3) is 0.557. The number of aliphatic imine (C=N–C) groups is 2. The molecule has 0 saturated carbocycles. The molecule has 75 heteroatoms. The molecule has 136 heavy (non-hydrogen) atoms. The van der Waals surface area contributed by atoms with Crippen LogP contribution >= 0.6 is 76.2 Å². The van der Waals surface area contributed by atoms with Crippen molar-refractivity contribution < 1.29 is 143 Å². The molecular weight excluding hydrogens is 2120 g/mol. The van der Waals surface area contributed by atoms with Gasteiger partial charge in [-0.2, -0.15) is 47.0 Å². The highest BCUT2D eigenvalue weighted by Gasteiger charge is 2.67. The summed E-state index contributed by atoms with van der Waals surface area (Å²) in [7, 11) is 0. The molecule has 0 radical (unpaired) electrons. The Morgan fingerprint density at radius 2 is 0.934 bits per heavy atom. The molecule has 12 aliphatic rings. The number of nitrogen functional groups attached to an aromatic ring is 3. The van der Waals surface area contributed by atoms with Gasteiger partial charge in [-0.25, -0.2) is 52.3 Å². The van der Waals surface area contributed by atoms with Gasteiger partial charge in [0.05, 0.1) is 93.2 Å². The minimum Gasteiger partial charge on any atom is -0.369 e. The summed E-state index contributed by atoms with van der Waals surface area (Å²) in [4.78, 5) is 159. The molecule has 0 amide bonds. The quantitative estimate of drug-likeness (QED) is 0.0646. The summed E-state index contributed by atoms with van der Waals surface area (Å²) in [6.07, 6.45) is -19.4. The fourth-order valence-corrected chi connectivity index (χ4v) is 27.9. The number of fused-ring (bicyclic) bond motifs is 15. The SMILES string of the molecule is Nc1nc2c(ncn2[C@@H]2O[C@@H]3COP(O)(=S)O[C@H]4C[C@H](c5cnc6n5N=CCC6N)O[C@@H]4COP(=O)(S)O[C@@H]2[C@@H]3F)c(=O)[nH]1.Nc1nc2c(ncn2[C@@H]2S[C@@H]3COP(O)(=S)O[C@@H]4[C@@H](COP(O)(=S)O[C@@H]2[C@@H]3F)O[C@@H](n2nnc3c2N=CCC3=O)C4(F)F)c(=O)[nH]1.Nc1nc2c(ncn2[C@@H]2S[C@@H]3COP(O)(=S)O[C@@H]4[C@@H](COP(O)(=S)O[C@@H]2[C@@H]3F)O[C@@H](n2nnc3c2N=CCC3=O)C4(F)F)c(=O)[nH]1. The van der Waals surface area contributed by atoms with Gasteiger partial charge >= 0.3 is 52.2 Å². The Morgan fingerprint density at radius 3 is 1.41 bits per heavy atom. The number of ether oxygens (including phenoxy) is 4. The molecule has 21 heterocycles. The zero-order chi connectivity index (χ0) is 96.5. The van der Waals surface area contributed by atoms with Crippen molar-refractivity contribution >= 4 is 228 Å². The number of alkyl halides is 7. The van der Waals surface area contributed by atoms with Crippen molar-refractivity contribution in [3.8, 4) is 0 Å². The number of halogens is 7. The van der Waals surface area contributed by atoms with E-state index in [1.165, 1.54) is 45.1 Å². The van der Waals surface area contributed by atoms with Crippen LogP contribution in [-0.4, -0.2) is 294 Å². The molecule has 6 bridgehead atoms. The van der Waals surface area contributed by atoms with Crippen LogP contribution in [0.2, 0.25) is 0 Å². The van der Waals surface area contributed by atoms with Gasteiger partial charge in [-0.3, -0.25) is 79.8 Å². The minimum absolute atomic E-state index is 0.0400. The Balaban J connectivity index is 0.000000131. The van der Waals surface area contributed by atoms with Crippen LogP contribution in [0.5, 0.6) is 0 Å². The van der Waals surface area contributed by atoms with Crippen LogP contribution in [0.3, 0.4) is 0 Å². The highest BCUT2D eigenvalue weighted by atomic mass is 32.7. The number of rotatable bonds is 6. The Kier molecular flexibility index (Phi) is 26.7. The number of carbonyl (C=O) groups is 2. The summed E-state index contributed by atoms with van der Waals surface area (Å²) >= 11 is 31.3. The van der Waals surface area contributed by atoms with Crippen molar-refractivity contribution in [1.29, 1.82) is 0 Å². The third-order valence-corrected chi connectivity index (χ3v) is 34.6. The number of hydrogen-bond donors (Lipinski definition) is 13. The van der Waals surface area contributed by atoms with Gasteiger partial charge in [0.1, 0.15) is 77.7 Å². The number of thiol groups is 1. The zero-order valence-electron chi connectivity index (χ0n) is 67.4. The lowest BCUT2D eigenvalue weighted by Gasteiger charge is -2.28. The third kappa shape index (κ3) is 19.0. The molecule has 54 nitrogen and oxygen atoms in total. The van der Waals surface area contributed by atoms with Gasteiger partial charge in [0, 0.05) is 44.3 Å². The normalized spacial score (nSPS) is 38.3. The van der Waals surface area contributed by atoms with Gasteiger partial charge in [-0.15, -0.1) is 33.7 Å². The number of ketones is 2. The average molecular weight is 2180 g/mol. The lowest BCUT2D eigenvalue weighted by atomic mass is 10.1. The first-order chi connectivity index (χ1) is 64.2. The van der Waals surface area contributed by atoms with E-state index in [-0.39, 0.29) is 99.7 Å². The van der Waals surface area contributed by atoms with E-state index < -0.39 is 246 Å². The highest BCUT2D eigenvalue weighted by Crippen LogP contribution is 2.64. The number of thioether (sulfide) groups is 2. The number of nitrogens with one attached hydrogen (secondary N) is 3. The van der Waals surface area contributed by atoms with Crippen LogP contribution < -0.4 is 39.6 Å². The summed E-state index contributed by atoms with van der Waals surface area (Å²) in [5.41, 5.74) is 20.8. The van der Waals surface area contributed by atoms with E-state index in [0.29, 0.717) is 27.3 Å². The first kappa shape index (κ1) is 98.2. The monoisotopic (exact) mass is 2180 g/mol. The number of anilines is 3. The second-order valence-electron chi connectivity index (χ2n) is 30.9. The van der Waals surface area contributed by atoms with Crippen molar-refractivity contribution in [2.75, 3.05) is 56.8 Å². The summed E-state index contributed by atoms with van der Waals surface area (Å²) in [5.74, 6) is -9.89. The molecule has 734 valence electrons. The Hall–Kier alpha value is -6.55. The van der Waals surface area contributed by atoms with Gasteiger partial charge in [0.25, 0.3) is 16.7 Å². The molecule has 9 aromatic rings. The highest BCUT2D eigenvalue weighted by molar-refractivity contribution is 8.44. The minimum atomic E-state index is -4.57. The van der Waals surface area contributed by atoms with Crippen molar-refractivity contribution in [3.05, 3.63) is 79.1 Å². The number of aromatic amines is 3. The van der Waals surface area contributed by atoms with E-state index >= 15 is 30.7 Å². The maximum Gasteiger partial charge on any atom is 0.386 e. The molecule has 9 aromatic heterocycles. The Labute approximate surface area is 790 Å². The molecule has 12 aliphatic heterocycles. The van der Waals surface area contributed by atoms with Crippen molar-refractivity contribution in [2.24, 2.45) is 20.8 Å². The number of aromatic nitrogens is 20. The number of H-pyrrole nitrogens is 3. The predicted molar refractivity (Wildman–Crippen MR) is 473 cm³/mol. The molecule has 0 aromatic carbocycles. The van der Waals surface area contributed by atoms with Gasteiger partial charge in [-0.05, 0) is 59.0 Å². The third-order valence-electron chi connectivity index (χ3n) is 22.1. The first-order valence-electron chi connectivity index (χ1n) is 39.3. The number of nitrogens with zero attached hydrogens (tertiary/aromatic N) is 20. The summed E-state index contributed by atoms with van der Waals surface area (Å²) in [5, 5.41) is 14.2. The second kappa shape index (κ2) is 37.0. The van der Waals surface area contributed by atoms with E-state index in [4.69, 9.17) is 155 Å². The molecule has 0 spiro atoms. The number of hydrogen-bond acceptors (Lipinski definition) is 47. The lowest BCUT2D eigenvalue weighted by Crippen LogP contribution is -2.41. The number of carbonyl (C=O) groups excluding carboxylic acids is 2. The van der Waals surface area contributed by atoms with Crippen LogP contribution in [-0.2, 0) is 137 Å². The molecule has 28 atom stereocenters. The van der Waals surface area contributed by atoms with Crippen LogP contribution in [0.4, 0.5) is 60.2 Å². The van der Waals surface area contributed by atoms with E-state index in [0.717, 1.165) is 23.5 Å². The topological polar surface area (TPSA) is 711 Å². The molecule has 9 fully saturated rings. The Morgan fingerprint density at radius 1 is 0.507 bits per heavy atom. The van der Waals surface area contributed by atoms with Gasteiger partial charge in [0.15, 0.2) is 92.7 Å². The van der Waals surface area contributed by atoms with Gasteiger partial charge in [0.2, 0.25) is 30.3 Å². The van der Waals surface area contributed by atoms with E-state index in [1.54, 1.807) is 17.1 Å². The van der Waals surface area contributed by atoms with Crippen molar-refractivity contribution in [2.45, 2.75) is 169 Å². The zero-order valence-corrected chi connectivity index (χ0v) is 79.4. The van der Waals surface area contributed by atoms with Crippen LogP contribution in [0, 0.1) is 0 Å². The van der Waals surface area contributed by atoms with Gasteiger partial charge < -0.3 is 93.5 Å². The maximum atomic E-state index is 16.0. The number of Topliss-reactive ketones (excluding diaryl/α,β-unsaturated/α-hetero) is 2. The number of nitrogens with two attached hydrogens (primary N) is 4. The maximum absolute atomic E-state index is 16.0. The fourth-order valence-electron chi connectivity index (χ4n) is 16.0. The number of imidazole rings is 4. The summed E-state index contributed by atoms with van der Waals surface area (Å²) in [6.45, 7) is -30.6.